The second-order valence-electron chi connectivity index (χ2n) is 6.59. The molecule has 0 spiro atoms. The number of anilines is 1. The quantitative estimate of drug-likeness (QED) is 0.845. The lowest BCUT2D eigenvalue weighted by Crippen LogP contribution is -2.32. The van der Waals surface area contributed by atoms with E-state index in [0.717, 1.165) is 24.2 Å². The highest BCUT2D eigenvalue weighted by Crippen LogP contribution is 2.27. The molecule has 1 N–H and O–H groups in total. The zero-order valence-electron chi connectivity index (χ0n) is 15.0. The molecule has 128 valence electrons. The number of carbonyl (C=O) groups excluding carboxylic acids is 1. The number of nitrogens with one attached hydrogen (secondary N) is 1. The Morgan fingerprint density at radius 2 is 1.92 bits per heavy atom. The van der Waals surface area contributed by atoms with Gasteiger partial charge in [0, 0.05) is 24.6 Å². The molecule has 0 aliphatic heterocycles. The van der Waals surface area contributed by atoms with Crippen LogP contribution < -0.4 is 5.32 Å². The molecule has 1 amide bonds. The standard InChI is InChI=1S/C20H27N3O/c1-15(2)18-7-5-6-16(3)20(18)22-19(24)14-23(4)13-10-17-8-11-21-12-9-17/h5-9,11-12,15H,10,13-14H2,1-4H3,(H,22,24). The molecule has 2 rings (SSSR count). The Labute approximate surface area is 144 Å². The van der Waals surface area contributed by atoms with E-state index in [2.05, 4.69) is 30.2 Å². The summed E-state index contributed by atoms with van der Waals surface area (Å²) in [5.41, 5.74) is 4.48. The number of aromatic nitrogens is 1. The number of benzene rings is 1. The van der Waals surface area contributed by atoms with Gasteiger partial charge < -0.3 is 5.32 Å². The molecule has 0 saturated heterocycles. The Morgan fingerprint density at radius 3 is 2.58 bits per heavy atom. The SMILES string of the molecule is Cc1cccc(C(C)C)c1NC(=O)CN(C)CCc1ccncc1. The van der Waals surface area contributed by atoms with Crippen LogP contribution in [0.4, 0.5) is 5.69 Å². The second kappa shape index (κ2) is 8.60. The van der Waals surface area contributed by atoms with Crippen LogP contribution in [0.5, 0.6) is 0 Å². The van der Waals surface area contributed by atoms with Crippen molar-refractivity contribution in [1.82, 2.24) is 9.88 Å². The molecular weight excluding hydrogens is 298 g/mol. The van der Waals surface area contributed by atoms with Crippen molar-refractivity contribution in [3.8, 4) is 0 Å². The summed E-state index contributed by atoms with van der Waals surface area (Å²) in [6.07, 6.45) is 4.51. The highest BCUT2D eigenvalue weighted by Gasteiger charge is 2.13. The fraction of sp³-hybridized carbons (Fsp3) is 0.400. The monoisotopic (exact) mass is 325 g/mol. The summed E-state index contributed by atoms with van der Waals surface area (Å²) in [6.45, 7) is 7.55. The summed E-state index contributed by atoms with van der Waals surface area (Å²) in [6, 6.07) is 10.2. The van der Waals surface area contributed by atoms with Gasteiger partial charge in [0.2, 0.25) is 5.91 Å². The molecule has 0 aliphatic carbocycles. The van der Waals surface area contributed by atoms with E-state index in [0.29, 0.717) is 12.5 Å². The van der Waals surface area contributed by atoms with Crippen molar-refractivity contribution in [2.75, 3.05) is 25.5 Å². The van der Waals surface area contributed by atoms with E-state index in [1.807, 2.05) is 43.1 Å². The Kier molecular flexibility index (Phi) is 6.50. The van der Waals surface area contributed by atoms with Gasteiger partial charge in [-0.05, 0) is 55.1 Å². The second-order valence-corrected chi connectivity index (χ2v) is 6.59. The maximum atomic E-state index is 12.4. The van der Waals surface area contributed by atoms with Crippen LogP contribution in [0.25, 0.3) is 0 Å². The largest absolute Gasteiger partial charge is 0.324 e. The van der Waals surface area contributed by atoms with Crippen molar-refractivity contribution in [2.24, 2.45) is 0 Å². The number of para-hydroxylation sites is 1. The first-order valence-electron chi connectivity index (χ1n) is 8.44. The molecular formula is C20H27N3O. The first-order valence-corrected chi connectivity index (χ1v) is 8.44. The normalized spacial score (nSPS) is 11.1. The van der Waals surface area contributed by atoms with Gasteiger partial charge in [0.15, 0.2) is 0 Å². The van der Waals surface area contributed by atoms with Gasteiger partial charge in [0.05, 0.1) is 6.54 Å². The Balaban J connectivity index is 1.91. The van der Waals surface area contributed by atoms with Gasteiger partial charge in [-0.1, -0.05) is 32.0 Å². The van der Waals surface area contributed by atoms with Crippen LogP contribution >= 0.6 is 0 Å². The number of likely N-dealkylation sites (N-methyl/N-ethyl adjacent to an activating group) is 1. The molecule has 2 aromatic rings. The van der Waals surface area contributed by atoms with Gasteiger partial charge in [-0.2, -0.15) is 0 Å². The van der Waals surface area contributed by atoms with Crippen molar-refractivity contribution < 1.29 is 4.79 Å². The minimum absolute atomic E-state index is 0.0310. The first kappa shape index (κ1) is 18.1. The van der Waals surface area contributed by atoms with Crippen molar-refractivity contribution >= 4 is 11.6 Å². The number of hydrogen-bond donors (Lipinski definition) is 1. The van der Waals surface area contributed by atoms with Crippen LogP contribution in [0.15, 0.2) is 42.7 Å². The van der Waals surface area contributed by atoms with Gasteiger partial charge in [-0.3, -0.25) is 14.7 Å². The van der Waals surface area contributed by atoms with Crippen molar-refractivity contribution in [3.63, 3.8) is 0 Å². The maximum absolute atomic E-state index is 12.4. The van der Waals surface area contributed by atoms with E-state index in [4.69, 9.17) is 0 Å². The number of hydrogen-bond acceptors (Lipinski definition) is 3. The average molecular weight is 325 g/mol. The van der Waals surface area contributed by atoms with Gasteiger partial charge >= 0.3 is 0 Å². The molecule has 24 heavy (non-hydrogen) atoms. The van der Waals surface area contributed by atoms with Gasteiger partial charge in [-0.15, -0.1) is 0 Å². The molecule has 4 heteroatoms. The number of aryl methyl sites for hydroxylation is 1. The Hall–Kier alpha value is -2.20. The average Bonchev–Trinajstić information content (AvgIpc) is 2.55. The van der Waals surface area contributed by atoms with E-state index in [1.54, 1.807) is 12.4 Å². The third kappa shape index (κ3) is 5.17. The molecule has 0 bridgehead atoms. The van der Waals surface area contributed by atoms with E-state index in [-0.39, 0.29) is 5.91 Å². The summed E-state index contributed by atoms with van der Waals surface area (Å²) in [5.74, 6) is 0.410. The number of amides is 1. The lowest BCUT2D eigenvalue weighted by Gasteiger charge is -2.19. The molecule has 4 nitrogen and oxygen atoms in total. The third-order valence-electron chi connectivity index (χ3n) is 4.14. The van der Waals surface area contributed by atoms with Crippen LogP contribution in [-0.4, -0.2) is 35.9 Å². The molecule has 0 saturated carbocycles. The summed E-state index contributed by atoms with van der Waals surface area (Å²) in [4.78, 5) is 18.5. The first-order chi connectivity index (χ1) is 11.5. The number of rotatable bonds is 7. The fourth-order valence-corrected chi connectivity index (χ4v) is 2.71. The van der Waals surface area contributed by atoms with E-state index < -0.39 is 0 Å². The summed E-state index contributed by atoms with van der Waals surface area (Å²) in [7, 11) is 1.97. The van der Waals surface area contributed by atoms with E-state index >= 15 is 0 Å². The molecule has 0 atom stereocenters. The molecule has 0 fully saturated rings. The summed E-state index contributed by atoms with van der Waals surface area (Å²) < 4.78 is 0. The fourth-order valence-electron chi connectivity index (χ4n) is 2.71. The molecule has 0 aliphatic rings. The maximum Gasteiger partial charge on any atom is 0.238 e. The van der Waals surface area contributed by atoms with Crippen molar-refractivity contribution in [1.29, 1.82) is 0 Å². The number of nitrogens with zero attached hydrogens (tertiary/aromatic N) is 2. The summed E-state index contributed by atoms with van der Waals surface area (Å²) >= 11 is 0. The molecule has 1 aromatic heterocycles. The lowest BCUT2D eigenvalue weighted by atomic mass is 9.98. The van der Waals surface area contributed by atoms with Crippen molar-refractivity contribution in [2.45, 2.75) is 33.1 Å². The van der Waals surface area contributed by atoms with E-state index in [9.17, 15) is 4.79 Å². The zero-order chi connectivity index (χ0) is 17.5. The van der Waals surface area contributed by atoms with Gasteiger partial charge in [-0.25, -0.2) is 0 Å². The minimum Gasteiger partial charge on any atom is -0.324 e. The minimum atomic E-state index is 0.0310. The third-order valence-corrected chi connectivity index (χ3v) is 4.14. The Morgan fingerprint density at radius 1 is 1.21 bits per heavy atom. The highest BCUT2D eigenvalue weighted by molar-refractivity contribution is 5.93. The van der Waals surface area contributed by atoms with Crippen molar-refractivity contribution in [3.05, 3.63) is 59.4 Å². The Bertz CT molecular complexity index is 668. The van der Waals surface area contributed by atoms with Crippen LogP contribution in [0, 0.1) is 6.92 Å². The van der Waals surface area contributed by atoms with Crippen LogP contribution in [-0.2, 0) is 11.2 Å². The topological polar surface area (TPSA) is 45.2 Å². The highest BCUT2D eigenvalue weighted by atomic mass is 16.2. The summed E-state index contributed by atoms with van der Waals surface area (Å²) in [5, 5.41) is 3.10. The van der Waals surface area contributed by atoms with Crippen LogP contribution in [0.2, 0.25) is 0 Å². The zero-order valence-corrected chi connectivity index (χ0v) is 15.0. The molecule has 1 aromatic carbocycles. The molecule has 1 heterocycles. The molecule has 0 radical (unpaired) electrons. The smallest absolute Gasteiger partial charge is 0.238 e. The predicted molar refractivity (Wildman–Crippen MR) is 99.3 cm³/mol. The number of carbonyl (C=O) groups is 1. The molecule has 0 unspecified atom stereocenters. The van der Waals surface area contributed by atoms with Gasteiger partial charge in [0.25, 0.3) is 0 Å². The van der Waals surface area contributed by atoms with Crippen LogP contribution in [0.3, 0.4) is 0 Å². The van der Waals surface area contributed by atoms with Gasteiger partial charge in [0.1, 0.15) is 0 Å². The predicted octanol–water partition coefficient (Wildman–Crippen LogP) is 3.63. The van der Waals surface area contributed by atoms with Crippen LogP contribution in [0.1, 0.15) is 36.5 Å². The number of pyridine rings is 1. The van der Waals surface area contributed by atoms with E-state index in [1.165, 1.54) is 11.1 Å². The lowest BCUT2D eigenvalue weighted by molar-refractivity contribution is -0.117.